The van der Waals surface area contributed by atoms with Crippen molar-refractivity contribution in [2.45, 2.75) is 27.1 Å². The molecule has 0 aliphatic carbocycles. The summed E-state index contributed by atoms with van der Waals surface area (Å²) in [7, 11) is 0. The van der Waals surface area contributed by atoms with Crippen molar-refractivity contribution in [1.29, 1.82) is 0 Å². The Hall–Kier alpha value is -1.92. The van der Waals surface area contributed by atoms with Gasteiger partial charge >= 0.3 is 11.9 Å². The molecular formula is C14H18O6. The molecule has 1 aromatic rings. The number of hydrogen-bond acceptors (Lipinski definition) is 4. The number of carboxylic acid groups (broad SMARTS) is 2. The number of carbonyl (C=O) groups is 2. The van der Waals surface area contributed by atoms with E-state index < -0.39 is 18.2 Å². The maximum absolute atomic E-state index is 11.2. The lowest BCUT2D eigenvalue weighted by Gasteiger charge is -2.20. The van der Waals surface area contributed by atoms with Crippen LogP contribution >= 0.6 is 0 Å². The molecule has 0 atom stereocenters. The first-order valence-corrected chi connectivity index (χ1v) is 6.26. The molecule has 0 amide bonds. The smallest absolute Gasteiger partial charge is 0.335 e. The molecule has 20 heavy (non-hydrogen) atoms. The van der Waals surface area contributed by atoms with Gasteiger partial charge < -0.3 is 19.7 Å². The normalized spacial score (nSPS) is 10.8. The summed E-state index contributed by atoms with van der Waals surface area (Å²) in [5, 5.41) is 18.2. The van der Waals surface area contributed by atoms with Crippen molar-refractivity contribution in [1.82, 2.24) is 0 Å². The molecule has 0 aliphatic rings. The Morgan fingerprint density at radius 2 is 1.65 bits per heavy atom. The highest BCUT2D eigenvalue weighted by atomic mass is 16.7. The van der Waals surface area contributed by atoms with Crippen LogP contribution in [-0.2, 0) is 9.47 Å². The van der Waals surface area contributed by atoms with E-state index in [2.05, 4.69) is 0 Å². The quantitative estimate of drug-likeness (QED) is 0.746. The molecule has 1 rings (SSSR count). The summed E-state index contributed by atoms with van der Waals surface area (Å²) in [6, 6.07) is 2.53. The topological polar surface area (TPSA) is 93.1 Å². The van der Waals surface area contributed by atoms with Gasteiger partial charge in [0.25, 0.3) is 0 Å². The molecule has 110 valence electrons. The largest absolute Gasteiger partial charge is 0.478 e. The minimum absolute atomic E-state index is 0.0655. The first-order chi connectivity index (χ1) is 9.42. The molecule has 6 heteroatoms. The molecule has 0 unspecified atom stereocenters. The summed E-state index contributed by atoms with van der Waals surface area (Å²) in [6.07, 6.45) is -0.776. The van der Waals surface area contributed by atoms with Crippen molar-refractivity contribution in [3.8, 4) is 0 Å². The van der Waals surface area contributed by atoms with E-state index in [-0.39, 0.29) is 11.1 Å². The third-order valence-corrected chi connectivity index (χ3v) is 2.82. The Morgan fingerprint density at radius 3 is 2.05 bits per heavy atom. The molecule has 0 spiro atoms. The highest BCUT2D eigenvalue weighted by Crippen LogP contribution is 2.27. The molecule has 0 bridgehead atoms. The second-order valence-electron chi connectivity index (χ2n) is 4.09. The van der Waals surface area contributed by atoms with Gasteiger partial charge in [0, 0.05) is 18.8 Å². The monoisotopic (exact) mass is 282 g/mol. The first-order valence-electron chi connectivity index (χ1n) is 6.26. The Kier molecular flexibility index (Phi) is 5.66. The molecule has 1 aromatic carbocycles. The van der Waals surface area contributed by atoms with E-state index in [0.29, 0.717) is 24.3 Å². The molecule has 2 N–H and O–H groups in total. The molecule has 0 saturated carbocycles. The third-order valence-electron chi connectivity index (χ3n) is 2.82. The van der Waals surface area contributed by atoms with E-state index in [9.17, 15) is 9.59 Å². The van der Waals surface area contributed by atoms with Gasteiger partial charge in [-0.05, 0) is 38.5 Å². The summed E-state index contributed by atoms with van der Waals surface area (Å²) in [5.41, 5.74) is 0.692. The van der Waals surface area contributed by atoms with Crippen LogP contribution in [0.15, 0.2) is 12.1 Å². The first kappa shape index (κ1) is 16.1. The van der Waals surface area contributed by atoms with Crippen LogP contribution < -0.4 is 0 Å². The zero-order valence-corrected chi connectivity index (χ0v) is 11.7. The number of rotatable bonds is 7. The van der Waals surface area contributed by atoms with Gasteiger partial charge in [-0.2, -0.15) is 0 Å². The van der Waals surface area contributed by atoms with Gasteiger partial charge in [-0.3, -0.25) is 0 Å². The average molecular weight is 282 g/mol. The minimum atomic E-state index is -1.19. The lowest BCUT2D eigenvalue weighted by molar-refractivity contribution is -0.140. The summed E-state index contributed by atoms with van der Waals surface area (Å²) in [5.74, 6) is -2.38. The predicted molar refractivity (Wildman–Crippen MR) is 71.1 cm³/mol. The second kappa shape index (κ2) is 7.02. The summed E-state index contributed by atoms with van der Waals surface area (Å²) in [4.78, 5) is 22.3. The van der Waals surface area contributed by atoms with Gasteiger partial charge in [0.15, 0.2) is 6.29 Å². The lowest BCUT2D eigenvalue weighted by Crippen LogP contribution is -2.15. The fourth-order valence-corrected chi connectivity index (χ4v) is 1.86. The van der Waals surface area contributed by atoms with Gasteiger partial charge in [0.05, 0.1) is 11.1 Å². The minimum Gasteiger partial charge on any atom is -0.478 e. The van der Waals surface area contributed by atoms with Gasteiger partial charge in [-0.25, -0.2) is 9.59 Å². The van der Waals surface area contributed by atoms with Gasteiger partial charge in [-0.1, -0.05) is 0 Å². The maximum Gasteiger partial charge on any atom is 0.335 e. The van der Waals surface area contributed by atoms with Crippen molar-refractivity contribution in [3.63, 3.8) is 0 Å². The standard InChI is InChI=1S/C14H18O6/c1-4-19-14(20-5-2)11-7-9(12(15)16)6-10(8(11)3)13(17)18/h6-7,14H,4-5H2,1-3H3,(H,15,16)(H,17,18). The highest BCUT2D eigenvalue weighted by Gasteiger charge is 2.22. The maximum atomic E-state index is 11.2. The van der Waals surface area contributed by atoms with Crippen molar-refractivity contribution < 1.29 is 29.3 Å². The number of ether oxygens (including phenoxy) is 2. The van der Waals surface area contributed by atoms with E-state index in [1.807, 2.05) is 0 Å². The van der Waals surface area contributed by atoms with Crippen molar-refractivity contribution in [2.24, 2.45) is 0 Å². The third kappa shape index (κ3) is 3.55. The van der Waals surface area contributed by atoms with Crippen LogP contribution in [0.2, 0.25) is 0 Å². The Bertz CT molecular complexity index is 503. The highest BCUT2D eigenvalue weighted by molar-refractivity contribution is 5.95. The van der Waals surface area contributed by atoms with Gasteiger partial charge in [0.2, 0.25) is 0 Å². The van der Waals surface area contributed by atoms with E-state index in [1.54, 1.807) is 20.8 Å². The van der Waals surface area contributed by atoms with Crippen LogP contribution in [0.4, 0.5) is 0 Å². The molecule has 0 saturated heterocycles. The molecule has 6 nitrogen and oxygen atoms in total. The number of carboxylic acids is 2. The molecular weight excluding hydrogens is 264 g/mol. The molecule has 0 aliphatic heterocycles. The molecule has 0 aromatic heterocycles. The molecule has 0 fully saturated rings. The van der Waals surface area contributed by atoms with Crippen molar-refractivity contribution >= 4 is 11.9 Å². The predicted octanol–water partition coefficient (Wildman–Crippen LogP) is 2.46. The van der Waals surface area contributed by atoms with Crippen LogP contribution in [0.25, 0.3) is 0 Å². The summed E-state index contributed by atoms with van der Waals surface area (Å²) >= 11 is 0. The van der Waals surface area contributed by atoms with E-state index in [1.165, 1.54) is 6.07 Å². The number of benzene rings is 1. The van der Waals surface area contributed by atoms with E-state index in [0.717, 1.165) is 6.07 Å². The van der Waals surface area contributed by atoms with Crippen LogP contribution in [-0.4, -0.2) is 35.4 Å². The van der Waals surface area contributed by atoms with Crippen LogP contribution in [0, 0.1) is 6.92 Å². The number of aromatic carboxylic acids is 2. The Labute approximate surface area is 116 Å². The Balaban J connectivity index is 3.41. The van der Waals surface area contributed by atoms with Crippen molar-refractivity contribution in [3.05, 3.63) is 34.4 Å². The zero-order valence-electron chi connectivity index (χ0n) is 11.7. The summed E-state index contributed by atoms with van der Waals surface area (Å²) < 4.78 is 10.8. The molecule has 0 heterocycles. The van der Waals surface area contributed by atoms with Crippen LogP contribution in [0.3, 0.4) is 0 Å². The SMILES string of the molecule is CCOC(OCC)c1cc(C(=O)O)cc(C(=O)O)c1C. The molecule has 0 radical (unpaired) electrons. The van der Waals surface area contributed by atoms with Crippen LogP contribution in [0.5, 0.6) is 0 Å². The van der Waals surface area contributed by atoms with Gasteiger partial charge in [0.1, 0.15) is 0 Å². The fourth-order valence-electron chi connectivity index (χ4n) is 1.86. The number of hydrogen-bond donors (Lipinski definition) is 2. The zero-order chi connectivity index (χ0) is 15.3. The van der Waals surface area contributed by atoms with E-state index >= 15 is 0 Å². The second-order valence-corrected chi connectivity index (χ2v) is 4.09. The fraction of sp³-hybridized carbons (Fsp3) is 0.429. The lowest BCUT2D eigenvalue weighted by atomic mass is 9.98. The van der Waals surface area contributed by atoms with Gasteiger partial charge in [-0.15, -0.1) is 0 Å². The summed E-state index contributed by atoms with van der Waals surface area (Å²) in [6.45, 7) is 5.89. The average Bonchev–Trinajstić information content (AvgIpc) is 2.38. The Morgan fingerprint density at radius 1 is 1.10 bits per heavy atom. The van der Waals surface area contributed by atoms with Crippen molar-refractivity contribution in [2.75, 3.05) is 13.2 Å². The van der Waals surface area contributed by atoms with Crippen LogP contribution in [0.1, 0.15) is 52.0 Å². The van der Waals surface area contributed by atoms with E-state index in [4.69, 9.17) is 19.7 Å².